The summed E-state index contributed by atoms with van der Waals surface area (Å²) >= 11 is 0. The number of carbonyl (C=O) groups excluding carboxylic acids is 1. The second-order valence-corrected chi connectivity index (χ2v) is 9.80. The predicted octanol–water partition coefficient (Wildman–Crippen LogP) is 5.44. The van der Waals surface area contributed by atoms with Gasteiger partial charge in [-0.15, -0.1) is 0 Å². The number of benzene rings is 3. The third-order valence-corrected chi connectivity index (χ3v) is 5.91. The van der Waals surface area contributed by atoms with Crippen LogP contribution < -0.4 is 5.48 Å². The average Bonchev–Trinajstić information content (AvgIpc) is 3.28. The second-order valence-electron chi connectivity index (χ2n) is 9.80. The van der Waals surface area contributed by atoms with Crippen LogP contribution in [0.25, 0.3) is 5.57 Å². The Morgan fingerprint density at radius 3 is 1.97 bits per heavy atom. The lowest BCUT2D eigenvalue weighted by Crippen LogP contribution is -2.40. The Labute approximate surface area is 212 Å². The Hall–Kier alpha value is -3.90. The topological polar surface area (TPSA) is 74.2 Å². The van der Waals surface area contributed by atoms with E-state index in [0.29, 0.717) is 25.2 Å². The normalized spacial score (nSPS) is 16.1. The van der Waals surface area contributed by atoms with Crippen LogP contribution in [0, 0.1) is 0 Å². The van der Waals surface area contributed by atoms with Gasteiger partial charge in [0.1, 0.15) is 11.4 Å². The molecule has 0 radical (unpaired) electrons. The zero-order valence-electron chi connectivity index (χ0n) is 21.0. The van der Waals surface area contributed by atoms with E-state index in [-0.39, 0.29) is 5.97 Å². The van der Waals surface area contributed by atoms with Crippen molar-refractivity contribution in [2.75, 3.05) is 6.54 Å². The predicted molar refractivity (Wildman–Crippen MR) is 142 cm³/mol. The number of carbonyl (C=O) groups is 1. The monoisotopic (exact) mass is 483 g/mol. The molecule has 4 rings (SSSR count). The average molecular weight is 484 g/mol. The first-order valence-corrected chi connectivity index (χ1v) is 12.2. The number of hydrogen-bond donors (Lipinski definition) is 2. The number of hydrazone groups is 1. The molecule has 6 nitrogen and oxygen atoms in total. The summed E-state index contributed by atoms with van der Waals surface area (Å²) in [5.41, 5.74) is 6.59. The van der Waals surface area contributed by atoms with Gasteiger partial charge in [0.25, 0.3) is 0 Å². The van der Waals surface area contributed by atoms with Crippen LogP contribution in [0.5, 0.6) is 0 Å². The molecule has 2 N–H and O–H groups in total. The number of esters is 1. The molecular formula is C30H33N3O3. The molecule has 0 spiro atoms. The Morgan fingerprint density at radius 1 is 0.944 bits per heavy atom. The fourth-order valence-electron chi connectivity index (χ4n) is 4.46. The Kier molecular flexibility index (Phi) is 7.86. The zero-order chi connectivity index (χ0) is 25.5. The van der Waals surface area contributed by atoms with Crippen molar-refractivity contribution in [3.05, 3.63) is 113 Å². The van der Waals surface area contributed by atoms with Gasteiger partial charge in [0, 0.05) is 13.0 Å². The number of rotatable bonds is 6. The lowest BCUT2D eigenvalue weighted by atomic mass is 9.89. The van der Waals surface area contributed by atoms with Gasteiger partial charge in [0.05, 0.1) is 0 Å². The summed E-state index contributed by atoms with van der Waals surface area (Å²) in [6.07, 6.45) is 1.04. The molecule has 1 atom stereocenters. The molecule has 186 valence electrons. The van der Waals surface area contributed by atoms with E-state index >= 15 is 0 Å². The highest BCUT2D eigenvalue weighted by Crippen LogP contribution is 2.37. The number of amidine groups is 1. The molecular weight excluding hydrogens is 450 g/mol. The van der Waals surface area contributed by atoms with E-state index in [1.165, 1.54) is 0 Å². The van der Waals surface area contributed by atoms with Crippen molar-refractivity contribution in [3.63, 3.8) is 0 Å². The van der Waals surface area contributed by atoms with Crippen LogP contribution in [-0.2, 0) is 16.0 Å². The van der Waals surface area contributed by atoms with Crippen LogP contribution in [0.2, 0.25) is 0 Å². The molecule has 6 heteroatoms. The summed E-state index contributed by atoms with van der Waals surface area (Å²) < 4.78 is 5.87. The van der Waals surface area contributed by atoms with Gasteiger partial charge in [0.15, 0.2) is 6.04 Å². The molecule has 0 amide bonds. The van der Waals surface area contributed by atoms with Crippen molar-refractivity contribution in [3.8, 4) is 0 Å². The van der Waals surface area contributed by atoms with E-state index in [9.17, 15) is 10.0 Å². The van der Waals surface area contributed by atoms with Crippen LogP contribution in [0.3, 0.4) is 0 Å². The summed E-state index contributed by atoms with van der Waals surface area (Å²) in [6, 6.07) is 29.2. The highest BCUT2D eigenvalue weighted by molar-refractivity contribution is 5.91. The maximum atomic E-state index is 13.6. The maximum absolute atomic E-state index is 13.6. The molecule has 1 saturated heterocycles. The molecule has 3 aromatic carbocycles. The van der Waals surface area contributed by atoms with Crippen LogP contribution in [0.15, 0.2) is 102 Å². The molecule has 1 aliphatic rings. The van der Waals surface area contributed by atoms with E-state index in [0.717, 1.165) is 27.8 Å². The second kappa shape index (κ2) is 11.2. The van der Waals surface area contributed by atoms with E-state index in [1.807, 2.05) is 87.5 Å². The molecule has 0 aromatic heterocycles. The number of ether oxygens (including phenoxy) is 1. The SMILES string of the molecule is CC(C)(C)OC(=O)[C@@H]1C(=C(c2ccccc2)c2ccccc2)CCN1N=C(Cc1ccccc1)NO. The Balaban J connectivity index is 1.81. The highest BCUT2D eigenvalue weighted by atomic mass is 16.6. The molecule has 36 heavy (non-hydrogen) atoms. The van der Waals surface area contributed by atoms with Crippen molar-refractivity contribution in [2.45, 2.75) is 45.3 Å². The lowest BCUT2D eigenvalue weighted by molar-refractivity contribution is -0.159. The summed E-state index contributed by atoms with van der Waals surface area (Å²) in [7, 11) is 0. The highest BCUT2D eigenvalue weighted by Gasteiger charge is 2.40. The summed E-state index contributed by atoms with van der Waals surface area (Å²) in [4.78, 5) is 13.6. The van der Waals surface area contributed by atoms with Crippen molar-refractivity contribution in [1.29, 1.82) is 0 Å². The first-order valence-electron chi connectivity index (χ1n) is 12.2. The molecule has 0 saturated carbocycles. The number of nitrogens with one attached hydrogen (secondary N) is 1. The van der Waals surface area contributed by atoms with Gasteiger partial charge in [-0.05, 0) is 55.0 Å². The van der Waals surface area contributed by atoms with Crippen LogP contribution in [0.4, 0.5) is 0 Å². The van der Waals surface area contributed by atoms with Gasteiger partial charge in [-0.2, -0.15) is 5.10 Å². The molecule has 3 aromatic rings. The maximum Gasteiger partial charge on any atom is 0.335 e. The summed E-state index contributed by atoms with van der Waals surface area (Å²) in [5, 5.41) is 16.3. The van der Waals surface area contributed by atoms with E-state index in [1.54, 1.807) is 5.01 Å². The summed E-state index contributed by atoms with van der Waals surface area (Å²) in [6.45, 7) is 6.11. The lowest BCUT2D eigenvalue weighted by Gasteiger charge is -2.28. The van der Waals surface area contributed by atoms with Gasteiger partial charge in [-0.1, -0.05) is 91.0 Å². The molecule has 1 aliphatic heterocycles. The molecule has 0 bridgehead atoms. The van der Waals surface area contributed by atoms with Crippen molar-refractivity contribution < 1.29 is 14.7 Å². The summed E-state index contributed by atoms with van der Waals surface area (Å²) in [5.74, 6) is -0.00269. The van der Waals surface area contributed by atoms with Crippen molar-refractivity contribution >= 4 is 17.4 Å². The fraction of sp³-hybridized carbons (Fsp3) is 0.267. The van der Waals surface area contributed by atoms with Crippen LogP contribution in [0.1, 0.15) is 43.9 Å². The molecule has 0 unspecified atom stereocenters. The molecule has 1 heterocycles. The number of hydroxylamine groups is 1. The van der Waals surface area contributed by atoms with E-state index in [2.05, 4.69) is 29.7 Å². The smallest absolute Gasteiger partial charge is 0.335 e. The molecule has 1 fully saturated rings. The van der Waals surface area contributed by atoms with Crippen LogP contribution >= 0.6 is 0 Å². The van der Waals surface area contributed by atoms with Crippen molar-refractivity contribution in [1.82, 2.24) is 10.5 Å². The largest absolute Gasteiger partial charge is 0.458 e. The number of nitrogens with zero attached hydrogens (tertiary/aromatic N) is 2. The Bertz CT molecular complexity index is 1180. The van der Waals surface area contributed by atoms with Gasteiger partial charge < -0.3 is 4.74 Å². The van der Waals surface area contributed by atoms with Crippen molar-refractivity contribution in [2.24, 2.45) is 5.10 Å². The minimum Gasteiger partial charge on any atom is -0.458 e. The van der Waals surface area contributed by atoms with Gasteiger partial charge >= 0.3 is 5.97 Å². The van der Waals surface area contributed by atoms with Crippen LogP contribution in [-0.4, -0.2) is 40.2 Å². The minimum absolute atomic E-state index is 0.358. The minimum atomic E-state index is -0.723. The first kappa shape index (κ1) is 25.2. The number of hydrogen-bond acceptors (Lipinski definition) is 5. The quantitative estimate of drug-likeness (QED) is 0.211. The van der Waals surface area contributed by atoms with Gasteiger partial charge in [0.2, 0.25) is 0 Å². The fourth-order valence-corrected chi connectivity index (χ4v) is 4.46. The Morgan fingerprint density at radius 2 is 1.47 bits per heavy atom. The first-order chi connectivity index (χ1) is 17.4. The third-order valence-electron chi connectivity index (χ3n) is 5.91. The standard InChI is InChI=1S/C30H33N3O3/c1-30(2,3)36-29(34)28-25(27(23-15-9-5-10-16-23)24-17-11-6-12-18-24)19-20-33(28)31-26(32-35)21-22-13-7-4-8-14-22/h4-18,28,35H,19-21H2,1-3H3,(H,31,32)/t28-/m0/s1. The zero-order valence-corrected chi connectivity index (χ0v) is 21.0. The molecule has 0 aliphatic carbocycles. The van der Waals surface area contributed by atoms with Gasteiger partial charge in [-0.3, -0.25) is 15.7 Å². The van der Waals surface area contributed by atoms with E-state index in [4.69, 9.17) is 9.84 Å². The van der Waals surface area contributed by atoms with E-state index < -0.39 is 11.6 Å². The third kappa shape index (κ3) is 6.20. The van der Waals surface area contributed by atoms with Gasteiger partial charge in [-0.25, -0.2) is 4.79 Å².